The average Bonchev–Trinajstić information content (AvgIpc) is 3.11. The molecule has 7 heteroatoms. The maximum atomic E-state index is 14.6. The second-order valence-corrected chi connectivity index (χ2v) is 7.95. The summed E-state index contributed by atoms with van der Waals surface area (Å²) < 4.78 is 29.3. The number of hydrogen-bond donors (Lipinski definition) is 2. The van der Waals surface area contributed by atoms with Gasteiger partial charge >= 0.3 is 0 Å². The Morgan fingerprint density at radius 1 is 1.14 bits per heavy atom. The topological polar surface area (TPSA) is 69.0 Å². The Bertz CT molecular complexity index is 1180. The van der Waals surface area contributed by atoms with Crippen LogP contribution < -0.4 is 5.56 Å². The summed E-state index contributed by atoms with van der Waals surface area (Å²) in [6, 6.07) is 7.11. The molecule has 3 heterocycles. The van der Waals surface area contributed by atoms with E-state index >= 15 is 0 Å². The molecular weight excluding hydrogens is 364 g/mol. The number of aromatic amines is 2. The monoisotopic (exact) mass is 383 g/mol. The van der Waals surface area contributed by atoms with Crippen LogP contribution in [-0.4, -0.2) is 39.8 Å². The van der Waals surface area contributed by atoms with Gasteiger partial charge in [0, 0.05) is 25.5 Å². The quantitative estimate of drug-likeness (QED) is 0.714. The molecule has 144 valence electrons. The van der Waals surface area contributed by atoms with Gasteiger partial charge in [-0.25, -0.2) is 8.78 Å². The van der Waals surface area contributed by atoms with Crippen LogP contribution in [-0.2, 0) is 5.41 Å². The Labute approximate surface area is 159 Å². The zero-order valence-electron chi connectivity index (χ0n) is 15.5. The fourth-order valence-electron chi connectivity index (χ4n) is 4.72. The van der Waals surface area contributed by atoms with Crippen LogP contribution in [0.3, 0.4) is 0 Å². The van der Waals surface area contributed by atoms with E-state index in [1.807, 2.05) is 26.0 Å². The predicted octanol–water partition coefficient (Wildman–Crippen LogP) is 3.13. The Balaban J connectivity index is 1.52. The van der Waals surface area contributed by atoms with Crippen LogP contribution in [0.25, 0.3) is 10.9 Å². The molecule has 2 atom stereocenters. The molecule has 1 aliphatic heterocycles. The predicted molar refractivity (Wildman–Crippen MR) is 101 cm³/mol. The van der Waals surface area contributed by atoms with E-state index < -0.39 is 23.2 Å². The summed E-state index contributed by atoms with van der Waals surface area (Å²) in [5.41, 5.74) is 1.49. The van der Waals surface area contributed by atoms with Crippen molar-refractivity contribution in [1.29, 1.82) is 0 Å². The van der Waals surface area contributed by atoms with Crippen LogP contribution in [0.15, 0.2) is 41.5 Å². The fraction of sp³-hybridized carbons (Fsp3) is 0.333. The van der Waals surface area contributed by atoms with Crippen molar-refractivity contribution < 1.29 is 13.6 Å². The van der Waals surface area contributed by atoms with Gasteiger partial charge in [-0.2, -0.15) is 0 Å². The van der Waals surface area contributed by atoms with Crippen LogP contribution in [0.2, 0.25) is 0 Å². The number of benzene rings is 1. The molecule has 28 heavy (non-hydrogen) atoms. The molecule has 5 nitrogen and oxygen atoms in total. The molecule has 0 bridgehead atoms. The second kappa shape index (κ2) is 5.31. The molecule has 3 aromatic rings. The smallest absolute Gasteiger partial charge is 0.265 e. The number of pyridine rings is 1. The van der Waals surface area contributed by atoms with Crippen molar-refractivity contribution in [3.05, 3.63) is 69.3 Å². The van der Waals surface area contributed by atoms with E-state index in [0.29, 0.717) is 11.1 Å². The van der Waals surface area contributed by atoms with Gasteiger partial charge in [-0.1, -0.05) is 29.8 Å². The van der Waals surface area contributed by atoms with Gasteiger partial charge in [-0.3, -0.25) is 9.59 Å². The number of likely N-dealkylation sites (tertiary alicyclic amines) is 1. The zero-order chi connectivity index (χ0) is 19.8. The molecule has 2 N–H and O–H groups in total. The standard InChI is InChI=1S/C21H19F2N3O2/c1-11-3-5-13(6-4-11)20-10-26(9-15(20)21(20,22)23)19(28)14-8-24-17-12(2)7-25-18(27)16(14)17/h3-8,15,24H,9-10H2,1-2H3,(H,25,27). The number of halogens is 2. The number of H-pyrrole nitrogens is 2. The van der Waals surface area contributed by atoms with E-state index in [1.54, 1.807) is 18.3 Å². The number of carbonyl (C=O) groups is 1. The maximum absolute atomic E-state index is 14.6. The van der Waals surface area contributed by atoms with Crippen LogP contribution in [0.5, 0.6) is 0 Å². The Morgan fingerprint density at radius 2 is 1.86 bits per heavy atom. The average molecular weight is 383 g/mol. The summed E-state index contributed by atoms with van der Waals surface area (Å²) in [6.45, 7) is 3.66. The number of aromatic nitrogens is 2. The van der Waals surface area contributed by atoms with Crippen LogP contribution in [0, 0.1) is 19.8 Å². The Hall–Kier alpha value is -2.96. The number of alkyl halides is 2. The Kier molecular flexibility index (Phi) is 3.25. The van der Waals surface area contributed by atoms with Gasteiger partial charge in [0.15, 0.2) is 0 Å². The number of hydrogen-bond acceptors (Lipinski definition) is 2. The highest BCUT2D eigenvalue weighted by atomic mass is 19.3. The normalized spacial score (nSPS) is 25.1. The summed E-state index contributed by atoms with van der Waals surface area (Å²) in [5, 5.41) is 0.279. The molecule has 1 aliphatic carbocycles. The first kappa shape index (κ1) is 17.2. The van der Waals surface area contributed by atoms with Gasteiger partial charge in [-0.15, -0.1) is 0 Å². The van der Waals surface area contributed by atoms with Gasteiger partial charge in [0.2, 0.25) is 0 Å². The maximum Gasteiger partial charge on any atom is 0.265 e. The molecule has 2 fully saturated rings. The third-order valence-corrected chi connectivity index (χ3v) is 6.39. The number of nitrogens with one attached hydrogen (secondary N) is 2. The van der Waals surface area contributed by atoms with Crippen LogP contribution >= 0.6 is 0 Å². The summed E-state index contributed by atoms with van der Waals surface area (Å²) in [7, 11) is 0. The molecular formula is C21H19F2N3O2. The molecule has 1 amide bonds. The summed E-state index contributed by atoms with van der Waals surface area (Å²) in [4.78, 5) is 32.4. The van der Waals surface area contributed by atoms with E-state index in [2.05, 4.69) is 9.97 Å². The number of fused-ring (bicyclic) bond motifs is 2. The number of carbonyl (C=O) groups excluding carboxylic acids is 1. The zero-order valence-corrected chi connectivity index (χ0v) is 15.5. The highest BCUT2D eigenvalue weighted by molar-refractivity contribution is 6.07. The molecule has 0 spiro atoms. The lowest BCUT2D eigenvalue weighted by Crippen LogP contribution is -2.37. The van der Waals surface area contributed by atoms with Crippen molar-refractivity contribution in [2.75, 3.05) is 13.1 Å². The van der Waals surface area contributed by atoms with E-state index in [-0.39, 0.29) is 29.6 Å². The van der Waals surface area contributed by atoms with Crippen molar-refractivity contribution in [1.82, 2.24) is 14.9 Å². The second-order valence-electron chi connectivity index (χ2n) is 7.95. The third-order valence-electron chi connectivity index (χ3n) is 6.39. The van der Waals surface area contributed by atoms with E-state index in [4.69, 9.17) is 0 Å². The minimum atomic E-state index is -2.83. The van der Waals surface area contributed by atoms with E-state index in [1.165, 1.54) is 11.1 Å². The summed E-state index contributed by atoms with van der Waals surface area (Å²) in [5.74, 6) is -4.11. The highest BCUT2D eigenvalue weighted by Gasteiger charge is 2.84. The lowest BCUT2D eigenvalue weighted by Gasteiger charge is -2.24. The van der Waals surface area contributed by atoms with Gasteiger partial charge in [0.1, 0.15) is 0 Å². The first-order chi connectivity index (χ1) is 13.3. The molecule has 1 saturated heterocycles. The highest BCUT2D eigenvalue weighted by Crippen LogP contribution is 2.70. The van der Waals surface area contributed by atoms with Crippen molar-refractivity contribution in [3.63, 3.8) is 0 Å². The number of aryl methyl sites for hydroxylation is 2. The molecule has 2 unspecified atom stereocenters. The first-order valence-corrected chi connectivity index (χ1v) is 9.21. The SMILES string of the molecule is Cc1ccc(C23CN(C(=O)c4c[nH]c5c(C)c[nH]c(=O)c45)CC2C3(F)F)cc1. The summed E-state index contributed by atoms with van der Waals surface area (Å²) in [6.07, 6.45) is 3.07. The van der Waals surface area contributed by atoms with Crippen molar-refractivity contribution in [3.8, 4) is 0 Å². The van der Waals surface area contributed by atoms with Gasteiger partial charge in [0.05, 0.1) is 27.8 Å². The van der Waals surface area contributed by atoms with Crippen molar-refractivity contribution in [2.45, 2.75) is 25.2 Å². The van der Waals surface area contributed by atoms with Crippen molar-refractivity contribution >= 4 is 16.8 Å². The molecule has 2 aliphatic rings. The minimum absolute atomic E-state index is 0.0178. The number of piperidine rings is 1. The first-order valence-electron chi connectivity index (χ1n) is 9.21. The van der Waals surface area contributed by atoms with Gasteiger partial charge < -0.3 is 14.9 Å². The Morgan fingerprint density at radius 3 is 2.57 bits per heavy atom. The number of nitrogens with zero attached hydrogens (tertiary/aromatic N) is 1. The molecule has 2 aromatic heterocycles. The van der Waals surface area contributed by atoms with Crippen molar-refractivity contribution in [2.24, 2.45) is 5.92 Å². The number of amides is 1. The van der Waals surface area contributed by atoms with Gasteiger partial charge in [0.25, 0.3) is 17.4 Å². The lowest BCUT2D eigenvalue weighted by atomic mass is 9.93. The van der Waals surface area contributed by atoms with Gasteiger partial charge in [-0.05, 0) is 25.0 Å². The number of rotatable bonds is 2. The molecule has 0 radical (unpaired) electrons. The van der Waals surface area contributed by atoms with E-state index in [9.17, 15) is 18.4 Å². The fourth-order valence-corrected chi connectivity index (χ4v) is 4.72. The molecule has 1 aromatic carbocycles. The molecule has 5 rings (SSSR count). The van der Waals surface area contributed by atoms with Crippen LogP contribution in [0.1, 0.15) is 27.0 Å². The van der Waals surface area contributed by atoms with Crippen LogP contribution in [0.4, 0.5) is 8.78 Å². The largest absolute Gasteiger partial charge is 0.360 e. The molecule has 1 saturated carbocycles. The minimum Gasteiger partial charge on any atom is -0.360 e. The summed E-state index contributed by atoms with van der Waals surface area (Å²) >= 11 is 0. The third kappa shape index (κ3) is 1.99. The lowest BCUT2D eigenvalue weighted by molar-refractivity contribution is 0.0394. The van der Waals surface area contributed by atoms with E-state index in [0.717, 1.165) is 11.1 Å².